The monoisotopic (exact) mass is 402 g/mol. The maximum atomic E-state index is 10.7. The van der Waals surface area contributed by atoms with Gasteiger partial charge in [-0.05, 0) is 0 Å². The molecule has 0 bridgehead atoms. The van der Waals surface area contributed by atoms with E-state index in [4.69, 9.17) is 69.6 Å². The molecule has 0 atom stereocenters. The van der Waals surface area contributed by atoms with Crippen LogP contribution in [0.5, 0.6) is 0 Å². The van der Waals surface area contributed by atoms with E-state index in [1.54, 1.807) is 0 Å². The molecule has 18 heavy (non-hydrogen) atoms. The van der Waals surface area contributed by atoms with E-state index in [-0.39, 0.29) is 0 Å². The standard InChI is InChI=1S/C2HCl6N.C2HF6N/c2*3-1(4,5)9-2(6,7)8/h2*9H. The Hall–Kier alpha value is 1.24. The summed E-state index contributed by atoms with van der Waals surface area (Å²) < 4.78 is 60.8. The molecule has 0 aliphatic heterocycles. The first-order chi connectivity index (χ1) is 7.41. The Morgan fingerprint density at radius 2 is 0.722 bits per heavy atom. The molecule has 2 N–H and O–H groups in total. The Balaban J connectivity index is 0. The van der Waals surface area contributed by atoms with Crippen molar-refractivity contribution in [2.45, 2.75) is 20.4 Å². The summed E-state index contributed by atoms with van der Waals surface area (Å²) in [5, 5.41) is 1.51. The van der Waals surface area contributed by atoms with Crippen LogP contribution < -0.4 is 10.6 Å². The molecule has 0 saturated heterocycles. The van der Waals surface area contributed by atoms with Gasteiger partial charge in [0.05, 0.1) is 0 Å². The molecule has 0 aliphatic rings. The van der Waals surface area contributed by atoms with Gasteiger partial charge in [-0.3, -0.25) is 0 Å². The summed E-state index contributed by atoms with van der Waals surface area (Å²) in [6.45, 7) is 0. The van der Waals surface area contributed by atoms with Crippen LogP contribution in [0.2, 0.25) is 0 Å². The zero-order valence-corrected chi connectivity index (χ0v) is 12.1. The molecule has 0 fully saturated rings. The normalized spacial score (nSPS) is 14.0. The second-order valence-electron chi connectivity index (χ2n) is 2.24. The molecule has 0 aromatic rings. The third kappa shape index (κ3) is 25.9. The fourth-order valence-corrected chi connectivity index (χ4v) is 1.61. The summed E-state index contributed by atoms with van der Waals surface area (Å²) in [7, 11) is 0. The minimum atomic E-state index is -5.39. The number of nitrogens with one attached hydrogen (secondary N) is 2. The van der Waals surface area contributed by atoms with Crippen molar-refractivity contribution in [1.82, 2.24) is 10.6 Å². The molecule has 14 heteroatoms. The quantitative estimate of drug-likeness (QED) is 0.343. The lowest BCUT2D eigenvalue weighted by Gasteiger charge is -2.19. The van der Waals surface area contributed by atoms with E-state index >= 15 is 0 Å². The van der Waals surface area contributed by atoms with Crippen molar-refractivity contribution in [2.75, 3.05) is 0 Å². The molecule has 0 unspecified atom stereocenters. The van der Waals surface area contributed by atoms with E-state index < -0.39 is 25.8 Å². The van der Waals surface area contributed by atoms with Gasteiger partial charge in [0.1, 0.15) is 0 Å². The van der Waals surface area contributed by atoms with E-state index in [1.165, 1.54) is 0 Å². The molecule has 0 saturated carbocycles. The average molecular weight is 405 g/mol. The molecular weight excluding hydrogens is 403 g/mol. The van der Waals surface area contributed by atoms with E-state index in [1.807, 2.05) is 0 Å². The zero-order chi connectivity index (χ0) is 15.4. The number of alkyl halides is 12. The fraction of sp³-hybridized carbons (Fsp3) is 1.00. The number of hydrogen-bond donors (Lipinski definition) is 2. The van der Waals surface area contributed by atoms with E-state index in [2.05, 4.69) is 5.32 Å². The number of hydrogen-bond acceptors (Lipinski definition) is 2. The van der Waals surface area contributed by atoms with E-state index in [0.29, 0.717) is 0 Å². The van der Waals surface area contributed by atoms with Crippen molar-refractivity contribution in [3.8, 4) is 0 Å². The van der Waals surface area contributed by atoms with Gasteiger partial charge in [-0.15, -0.1) is 5.32 Å². The van der Waals surface area contributed by atoms with E-state index in [0.717, 1.165) is 0 Å². The first-order valence-electron chi connectivity index (χ1n) is 3.27. The third-order valence-electron chi connectivity index (χ3n) is 0.567. The molecule has 0 spiro atoms. The largest absolute Gasteiger partial charge is 0.464 e. The minimum absolute atomic E-state index is 0.542. The molecule has 0 amide bonds. The molecule has 2 nitrogen and oxygen atoms in total. The Morgan fingerprint density at radius 1 is 0.500 bits per heavy atom. The second kappa shape index (κ2) is 7.31. The maximum Gasteiger partial charge on any atom is 0.464 e. The predicted molar refractivity (Wildman–Crippen MR) is 59.0 cm³/mol. The summed E-state index contributed by atoms with van der Waals surface area (Å²) in [5.74, 6) is 0. The summed E-state index contributed by atoms with van der Waals surface area (Å²) in [4.78, 5) is 0. The summed E-state index contributed by atoms with van der Waals surface area (Å²) in [6, 6.07) is 0. The Morgan fingerprint density at radius 3 is 0.722 bits per heavy atom. The molecule has 0 radical (unpaired) electrons. The molecule has 112 valence electrons. The molecule has 0 aliphatic carbocycles. The highest BCUT2D eigenvalue weighted by molar-refractivity contribution is 6.71. The van der Waals surface area contributed by atoms with Gasteiger partial charge < -0.3 is 0 Å². The number of halogens is 12. The Labute approximate surface area is 127 Å². The lowest BCUT2D eigenvalue weighted by molar-refractivity contribution is -0.265. The molecule has 0 aromatic heterocycles. The van der Waals surface area contributed by atoms with Crippen molar-refractivity contribution in [3.05, 3.63) is 0 Å². The van der Waals surface area contributed by atoms with Gasteiger partial charge in [0.2, 0.25) is 7.83 Å². The first kappa shape index (κ1) is 21.5. The summed E-state index contributed by atoms with van der Waals surface area (Å²) >= 11 is 31.1. The summed E-state index contributed by atoms with van der Waals surface area (Å²) in [6.07, 6.45) is -10.8. The Bertz CT molecular complexity index is 190. The van der Waals surface area contributed by atoms with Crippen LogP contribution in [0.4, 0.5) is 26.3 Å². The van der Waals surface area contributed by atoms with Crippen LogP contribution in [0.1, 0.15) is 0 Å². The lowest BCUT2D eigenvalue weighted by atomic mass is 11.0. The third-order valence-corrected chi connectivity index (χ3v) is 1.13. The smallest absolute Gasteiger partial charge is 0.228 e. The van der Waals surface area contributed by atoms with Crippen molar-refractivity contribution >= 4 is 69.6 Å². The van der Waals surface area contributed by atoms with E-state index in [9.17, 15) is 26.3 Å². The van der Waals surface area contributed by atoms with Crippen molar-refractivity contribution in [1.29, 1.82) is 0 Å². The van der Waals surface area contributed by atoms with Crippen LogP contribution in [-0.2, 0) is 0 Å². The van der Waals surface area contributed by atoms with Gasteiger partial charge in [0, 0.05) is 0 Å². The van der Waals surface area contributed by atoms with Gasteiger partial charge >= 0.3 is 12.6 Å². The zero-order valence-electron chi connectivity index (χ0n) is 7.54. The van der Waals surface area contributed by atoms with Crippen molar-refractivity contribution in [2.24, 2.45) is 0 Å². The van der Waals surface area contributed by atoms with Gasteiger partial charge in [-0.25, -0.2) is 5.32 Å². The van der Waals surface area contributed by atoms with Crippen LogP contribution in [0.3, 0.4) is 0 Å². The Kier molecular flexibility index (Phi) is 8.74. The molecule has 0 heterocycles. The second-order valence-corrected chi connectivity index (χ2v) is 6.80. The predicted octanol–water partition coefficient (Wildman–Crippen LogP) is 4.85. The number of rotatable bonds is 0. The van der Waals surface area contributed by atoms with Gasteiger partial charge in [-0.1, -0.05) is 69.6 Å². The maximum absolute atomic E-state index is 10.7. The minimum Gasteiger partial charge on any atom is -0.228 e. The van der Waals surface area contributed by atoms with Crippen LogP contribution >= 0.6 is 69.6 Å². The molecular formula is C4H2Cl6F6N2. The average Bonchev–Trinajstić information content (AvgIpc) is 1.64. The van der Waals surface area contributed by atoms with Gasteiger partial charge in [-0.2, -0.15) is 26.3 Å². The first-order valence-corrected chi connectivity index (χ1v) is 5.54. The lowest BCUT2D eigenvalue weighted by Crippen LogP contribution is -2.42. The van der Waals surface area contributed by atoms with Crippen molar-refractivity contribution < 1.29 is 26.3 Å². The highest BCUT2D eigenvalue weighted by Gasteiger charge is 2.42. The molecule has 0 rings (SSSR count). The summed E-state index contributed by atoms with van der Waals surface area (Å²) in [5.41, 5.74) is 0. The molecule has 0 aromatic carbocycles. The van der Waals surface area contributed by atoms with Crippen LogP contribution in [-0.4, -0.2) is 20.4 Å². The highest BCUT2D eigenvalue weighted by atomic mass is 35.6. The van der Waals surface area contributed by atoms with Gasteiger partial charge in [0.15, 0.2) is 0 Å². The SMILES string of the molecule is ClC(Cl)(Cl)NC(Cl)(Cl)Cl.FC(F)(F)NC(F)(F)F. The van der Waals surface area contributed by atoms with Crippen LogP contribution in [0, 0.1) is 0 Å². The van der Waals surface area contributed by atoms with Crippen LogP contribution in [0.25, 0.3) is 0 Å². The van der Waals surface area contributed by atoms with Crippen molar-refractivity contribution in [3.63, 3.8) is 0 Å². The highest BCUT2D eigenvalue weighted by Crippen LogP contribution is 2.32. The topological polar surface area (TPSA) is 24.1 Å². The fourth-order valence-electron chi connectivity index (χ4n) is 0.321. The van der Waals surface area contributed by atoms with Gasteiger partial charge in [0.25, 0.3) is 0 Å². The van der Waals surface area contributed by atoms with Crippen LogP contribution in [0.15, 0.2) is 0 Å².